The van der Waals surface area contributed by atoms with Crippen molar-refractivity contribution in [3.8, 4) is 0 Å². The van der Waals surface area contributed by atoms with Crippen LogP contribution in [0.1, 0.15) is 6.92 Å². The second-order valence-electron chi connectivity index (χ2n) is 0.999. The summed E-state index contributed by atoms with van der Waals surface area (Å²) in [7, 11) is 0.542. The molecule has 0 saturated heterocycles. The molecule has 0 aromatic rings. The Labute approximate surface area is 47.2 Å². The standard InChI is InChI=1S/C3H9BO2S/c1-3-7(5)6-4-2/h4H,3H2,1-2H3. The van der Waals surface area contributed by atoms with E-state index in [2.05, 4.69) is 4.10 Å². The predicted molar refractivity (Wildman–Crippen MR) is 32.8 cm³/mol. The number of rotatable bonds is 3. The molecule has 0 aromatic carbocycles. The van der Waals surface area contributed by atoms with Crippen LogP contribution >= 0.6 is 0 Å². The smallest absolute Gasteiger partial charge is 0.294 e. The average molecular weight is 120 g/mol. The molecule has 0 amide bonds. The summed E-state index contributed by atoms with van der Waals surface area (Å²) in [5, 5.41) is 0. The fourth-order valence-corrected chi connectivity index (χ4v) is 0.644. The van der Waals surface area contributed by atoms with E-state index in [1.807, 2.05) is 13.7 Å². The SMILES string of the molecule is CBOS(=O)CC. The molecule has 0 aliphatic carbocycles. The minimum atomic E-state index is -1.03. The fourth-order valence-electron chi connectivity index (χ4n) is 0.215. The molecule has 0 heterocycles. The van der Waals surface area contributed by atoms with Crippen LogP contribution in [0.5, 0.6) is 0 Å². The van der Waals surface area contributed by atoms with Gasteiger partial charge in [-0.2, -0.15) is 0 Å². The lowest BCUT2D eigenvalue weighted by Crippen LogP contribution is -1.99. The zero-order valence-corrected chi connectivity index (χ0v) is 5.46. The van der Waals surface area contributed by atoms with Crippen LogP contribution in [-0.2, 0) is 15.2 Å². The molecule has 4 heteroatoms. The fraction of sp³-hybridized carbons (Fsp3) is 1.00. The molecule has 0 saturated carbocycles. The summed E-state index contributed by atoms with van der Waals surface area (Å²) >= 11 is -1.03. The Morgan fingerprint density at radius 1 is 1.86 bits per heavy atom. The van der Waals surface area contributed by atoms with Crippen LogP contribution in [0.3, 0.4) is 0 Å². The van der Waals surface area contributed by atoms with Gasteiger partial charge < -0.3 is 4.10 Å². The summed E-state index contributed by atoms with van der Waals surface area (Å²) in [5.74, 6) is 0.591. The molecule has 0 spiro atoms. The van der Waals surface area contributed by atoms with E-state index in [9.17, 15) is 4.21 Å². The first-order chi connectivity index (χ1) is 3.31. The van der Waals surface area contributed by atoms with Crippen LogP contribution in [0.25, 0.3) is 0 Å². The first kappa shape index (κ1) is 7.17. The summed E-state index contributed by atoms with van der Waals surface area (Å²) in [4.78, 5) is 0. The van der Waals surface area contributed by atoms with Gasteiger partial charge in [-0.05, 0) is 0 Å². The first-order valence-corrected chi connectivity index (χ1v) is 3.57. The molecule has 0 fully saturated rings. The number of hydrogen-bond donors (Lipinski definition) is 0. The summed E-state index contributed by atoms with van der Waals surface area (Å²) < 4.78 is 15.0. The van der Waals surface area contributed by atoms with Gasteiger partial charge in [0.25, 0.3) is 7.48 Å². The van der Waals surface area contributed by atoms with Gasteiger partial charge in [-0.15, -0.1) is 0 Å². The van der Waals surface area contributed by atoms with Gasteiger partial charge in [-0.3, -0.25) is 0 Å². The van der Waals surface area contributed by atoms with Gasteiger partial charge in [-0.1, -0.05) is 13.7 Å². The second-order valence-corrected chi connectivity index (χ2v) is 2.42. The molecular formula is C3H9BO2S. The van der Waals surface area contributed by atoms with E-state index in [0.717, 1.165) is 0 Å². The van der Waals surface area contributed by atoms with E-state index in [0.29, 0.717) is 13.2 Å². The van der Waals surface area contributed by atoms with Crippen molar-refractivity contribution in [2.24, 2.45) is 0 Å². The van der Waals surface area contributed by atoms with Gasteiger partial charge in [-0.25, -0.2) is 4.21 Å². The molecule has 0 bridgehead atoms. The predicted octanol–water partition coefficient (Wildman–Crippen LogP) is 0.0862. The van der Waals surface area contributed by atoms with E-state index >= 15 is 0 Å². The highest BCUT2D eigenvalue weighted by atomic mass is 32.2. The van der Waals surface area contributed by atoms with Crippen LogP contribution in [0.2, 0.25) is 6.82 Å². The van der Waals surface area contributed by atoms with Gasteiger partial charge in [0.1, 0.15) is 11.1 Å². The molecule has 0 rings (SSSR count). The van der Waals surface area contributed by atoms with Crippen molar-refractivity contribution in [3.05, 3.63) is 0 Å². The van der Waals surface area contributed by atoms with E-state index in [1.165, 1.54) is 0 Å². The van der Waals surface area contributed by atoms with E-state index in [1.54, 1.807) is 0 Å². The molecule has 0 aliphatic rings. The summed E-state index contributed by atoms with van der Waals surface area (Å²) in [5.41, 5.74) is 0. The molecule has 0 radical (unpaired) electrons. The van der Waals surface area contributed by atoms with Gasteiger partial charge in [0, 0.05) is 5.75 Å². The van der Waals surface area contributed by atoms with Crippen molar-refractivity contribution in [1.29, 1.82) is 0 Å². The highest BCUT2D eigenvalue weighted by Gasteiger charge is 1.89. The largest absolute Gasteiger partial charge is 0.359 e. The third-order valence-electron chi connectivity index (χ3n) is 0.485. The average Bonchev–Trinajstić information content (AvgIpc) is 1.68. The Hall–Kier alpha value is 0.175. The Morgan fingerprint density at radius 2 is 2.43 bits per heavy atom. The lowest BCUT2D eigenvalue weighted by molar-refractivity contribution is 0.589. The van der Waals surface area contributed by atoms with Crippen molar-refractivity contribution in [1.82, 2.24) is 0 Å². The zero-order chi connectivity index (χ0) is 5.70. The van der Waals surface area contributed by atoms with Crippen molar-refractivity contribution in [2.75, 3.05) is 5.75 Å². The molecule has 7 heavy (non-hydrogen) atoms. The van der Waals surface area contributed by atoms with Crippen molar-refractivity contribution in [3.63, 3.8) is 0 Å². The lowest BCUT2D eigenvalue weighted by atomic mass is 10.1. The topological polar surface area (TPSA) is 26.3 Å². The Morgan fingerprint density at radius 3 is 2.57 bits per heavy atom. The third-order valence-corrected chi connectivity index (χ3v) is 1.45. The lowest BCUT2D eigenvalue weighted by Gasteiger charge is -1.91. The van der Waals surface area contributed by atoms with Crippen LogP contribution in [0.15, 0.2) is 0 Å². The number of hydrogen-bond acceptors (Lipinski definition) is 2. The molecule has 0 aromatic heterocycles. The van der Waals surface area contributed by atoms with Crippen molar-refractivity contribution >= 4 is 18.6 Å². The van der Waals surface area contributed by atoms with Crippen LogP contribution in [0, 0.1) is 0 Å². The highest BCUT2D eigenvalue weighted by molar-refractivity contribution is 7.80. The Kier molecular flexibility index (Phi) is 4.45. The maximum atomic E-state index is 10.3. The molecule has 0 N–H and O–H groups in total. The van der Waals surface area contributed by atoms with Crippen molar-refractivity contribution < 1.29 is 8.31 Å². The van der Waals surface area contributed by atoms with Crippen LogP contribution in [0.4, 0.5) is 0 Å². The molecule has 42 valence electrons. The van der Waals surface area contributed by atoms with Crippen LogP contribution < -0.4 is 0 Å². The van der Waals surface area contributed by atoms with Crippen LogP contribution in [-0.4, -0.2) is 17.4 Å². The van der Waals surface area contributed by atoms with Gasteiger partial charge >= 0.3 is 0 Å². The summed E-state index contributed by atoms with van der Waals surface area (Å²) in [6.45, 7) is 3.65. The quantitative estimate of drug-likeness (QED) is 0.493. The highest BCUT2D eigenvalue weighted by Crippen LogP contribution is 1.79. The van der Waals surface area contributed by atoms with Gasteiger partial charge in [0.2, 0.25) is 0 Å². The Balaban J connectivity index is 3.00. The molecule has 1 atom stereocenters. The van der Waals surface area contributed by atoms with Gasteiger partial charge in [0.15, 0.2) is 0 Å². The molecule has 2 nitrogen and oxygen atoms in total. The second kappa shape index (κ2) is 4.34. The normalized spacial score (nSPS) is 13.4. The minimum Gasteiger partial charge on any atom is -0.359 e. The van der Waals surface area contributed by atoms with Gasteiger partial charge in [0.05, 0.1) is 0 Å². The molecular weight excluding hydrogens is 111 g/mol. The zero-order valence-electron chi connectivity index (χ0n) is 4.64. The molecule has 1 unspecified atom stereocenters. The first-order valence-electron chi connectivity index (χ1n) is 2.32. The minimum absolute atomic E-state index is 0.542. The maximum Gasteiger partial charge on any atom is 0.294 e. The summed E-state index contributed by atoms with van der Waals surface area (Å²) in [6, 6.07) is 0. The maximum absolute atomic E-state index is 10.3. The van der Waals surface area contributed by atoms with Crippen molar-refractivity contribution in [2.45, 2.75) is 13.7 Å². The van der Waals surface area contributed by atoms with E-state index in [-0.39, 0.29) is 0 Å². The van der Waals surface area contributed by atoms with E-state index < -0.39 is 11.1 Å². The summed E-state index contributed by atoms with van der Waals surface area (Å²) in [6.07, 6.45) is 0. The van der Waals surface area contributed by atoms with E-state index in [4.69, 9.17) is 0 Å². The third kappa shape index (κ3) is 4.02. The molecule has 0 aliphatic heterocycles. The Bertz CT molecular complexity index is 66.0. The monoisotopic (exact) mass is 120 g/mol.